The van der Waals surface area contributed by atoms with Crippen LogP contribution in [-0.2, 0) is 13.0 Å². The summed E-state index contributed by atoms with van der Waals surface area (Å²) in [6, 6.07) is 8.54. The van der Waals surface area contributed by atoms with Gasteiger partial charge in [0.15, 0.2) is 0 Å². The number of nitrogens with one attached hydrogen (secondary N) is 1. The number of hydrogen-bond donors (Lipinski definition) is 2. The Morgan fingerprint density at radius 3 is 2.50 bits per heavy atom. The minimum atomic E-state index is -0.492. The number of anilines is 1. The van der Waals surface area contributed by atoms with Crippen LogP contribution in [0.1, 0.15) is 5.56 Å². The van der Waals surface area contributed by atoms with Gasteiger partial charge in [0.2, 0.25) is 0 Å². The second-order valence-electron chi connectivity index (χ2n) is 3.89. The number of nitrogens with zero attached hydrogens (tertiary/aromatic N) is 1. The van der Waals surface area contributed by atoms with Gasteiger partial charge >= 0.3 is 5.69 Å². The second-order valence-corrected chi connectivity index (χ2v) is 4.33. The average molecular weight is 266 g/mol. The fourth-order valence-corrected chi connectivity index (χ4v) is 1.79. The summed E-state index contributed by atoms with van der Waals surface area (Å²) in [4.78, 5) is 24.7. The summed E-state index contributed by atoms with van der Waals surface area (Å²) in [7, 11) is 0. The molecule has 0 amide bonds. The van der Waals surface area contributed by atoms with Crippen molar-refractivity contribution in [3.63, 3.8) is 0 Å². The maximum absolute atomic E-state index is 11.5. The molecule has 0 saturated carbocycles. The van der Waals surface area contributed by atoms with Crippen LogP contribution in [0.25, 0.3) is 0 Å². The largest absolute Gasteiger partial charge is 0.385 e. The van der Waals surface area contributed by atoms with Crippen molar-refractivity contribution in [3.8, 4) is 0 Å². The molecule has 2 aromatic rings. The summed E-state index contributed by atoms with van der Waals surface area (Å²) < 4.78 is 1.33. The zero-order valence-corrected chi connectivity index (χ0v) is 10.3. The Labute approximate surface area is 108 Å². The van der Waals surface area contributed by atoms with Crippen molar-refractivity contribution >= 4 is 17.4 Å². The first-order chi connectivity index (χ1) is 8.56. The molecule has 0 spiro atoms. The fraction of sp³-hybridized carbons (Fsp3) is 0.167. The minimum Gasteiger partial charge on any atom is -0.385 e. The highest BCUT2D eigenvalue weighted by molar-refractivity contribution is 6.30. The van der Waals surface area contributed by atoms with Crippen LogP contribution in [0.5, 0.6) is 0 Å². The van der Waals surface area contributed by atoms with Crippen molar-refractivity contribution in [2.45, 2.75) is 13.0 Å². The topological polar surface area (TPSA) is 80.9 Å². The van der Waals surface area contributed by atoms with Crippen molar-refractivity contribution in [1.82, 2.24) is 9.55 Å². The smallest absolute Gasteiger partial charge is 0.329 e. The first kappa shape index (κ1) is 12.4. The lowest BCUT2D eigenvalue weighted by Gasteiger charge is -2.08. The van der Waals surface area contributed by atoms with Crippen LogP contribution < -0.4 is 17.0 Å². The van der Waals surface area contributed by atoms with Crippen LogP contribution in [-0.4, -0.2) is 9.55 Å². The molecule has 1 heterocycles. The number of nitrogens with two attached hydrogens (primary N) is 1. The highest BCUT2D eigenvalue weighted by Gasteiger charge is 2.03. The summed E-state index contributed by atoms with van der Waals surface area (Å²) in [6.45, 7) is 0.406. The molecule has 0 aliphatic rings. The predicted octanol–water partition coefficient (Wildman–Crippen LogP) is 1.01. The maximum Gasteiger partial charge on any atom is 0.329 e. The molecular formula is C12H12ClN3O2. The lowest BCUT2D eigenvalue weighted by molar-refractivity contribution is 0.655. The Kier molecular flexibility index (Phi) is 3.53. The third-order valence-corrected chi connectivity index (χ3v) is 2.86. The van der Waals surface area contributed by atoms with Crippen LogP contribution in [0.3, 0.4) is 0 Å². The highest BCUT2D eigenvalue weighted by Crippen LogP contribution is 2.10. The van der Waals surface area contributed by atoms with Crippen molar-refractivity contribution < 1.29 is 0 Å². The molecule has 3 N–H and O–H groups in total. The van der Waals surface area contributed by atoms with E-state index in [1.165, 1.54) is 10.6 Å². The van der Waals surface area contributed by atoms with Crippen molar-refractivity contribution in [2.24, 2.45) is 0 Å². The monoisotopic (exact) mass is 265 g/mol. The number of halogens is 1. The third kappa shape index (κ3) is 2.81. The number of aromatic amines is 1. The summed E-state index contributed by atoms with van der Waals surface area (Å²) in [5.74, 6) is 0.165. The van der Waals surface area contributed by atoms with Crippen LogP contribution >= 0.6 is 11.6 Å². The van der Waals surface area contributed by atoms with Gasteiger partial charge in [-0.1, -0.05) is 23.7 Å². The van der Waals surface area contributed by atoms with Gasteiger partial charge in [-0.25, -0.2) is 4.79 Å². The van der Waals surface area contributed by atoms with Gasteiger partial charge in [-0.2, -0.15) is 0 Å². The first-order valence-electron chi connectivity index (χ1n) is 5.40. The van der Waals surface area contributed by atoms with Crippen molar-refractivity contribution in [2.75, 3.05) is 5.73 Å². The molecular weight excluding hydrogens is 254 g/mol. The van der Waals surface area contributed by atoms with Crippen molar-refractivity contribution in [3.05, 3.63) is 61.8 Å². The molecule has 5 nitrogen and oxygen atoms in total. The van der Waals surface area contributed by atoms with Gasteiger partial charge in [0.1, 0.15) is 5.82 Å². The molecule has 6 heteroatoms. The molecule has 0 unspecified atom stereocenters. The molecule has 0 aliphatic carbocycles. The summed E-state index contributed by atoms with van der Waals surface area (Å²) in [5.41, 5.74) is 5.69. The highest BCUT2D eigenvalue weighted by atomic mass is 35.5. The summed E-state index contributed by atoms with van der Waals surface area (Å²) in [6.07, 6.45) is 0.632. The van der Waals surface area contributed by atoms with Gasteiger partial charge < -0.3 is 5.73 Å². The lowest BCUT2D eigenvalue weighted by atomic mass is 10.1. The molecule has 0 bridgehead atoms. The number of H-pyrrole nitrogens is 1. The van der Waals surface area contributed by atoms with E-state index in [1.807, 2.05) is 12.1 Å². The summed E-state index contributed by atoms with van der Waals surface area (Å²) in [5, 5.41) is 0.666. The molecule has 1 aromatic carbocycles. The van der Waals surface area contributed by atoms with Gasteiger partial charge in [-0.15, -0.1) is 0 Å². The van der Waals surface area contributed by atoms with Gasteiger partial charge in [-0.05, 0) is 24.1 Å². The zero-order valence-electron chi connectivity index (χ0n) is 9.52. The summed E-state index contributed by atoms with van der Waals surface area (Å²) >= 11 is 5.78. The van der Waals surface area contributed by atoms with Gasteiger partial charge in [0.05, 0.1) is 0 Å². The molecule has 0 aliphatic heterocycles. The maximum atomic E-state index is 11.5. The lowest BCUT2D eigenvalue weighted by Crippen LogP contribution is -2.31. The Morgan fingerprint density at radius 1 is 1.22 bits per heavy atom. The molecule has 94 valence electrons. The van der Waals surface area contributed by atoms with E-state index in [-0.39, 0.29) is 5.82 Å². The van der Waals surface area contributed by atoms with Crippen LogP contribution in [0, 0.1) is 0 Å². The third-order valence-electron chi connectivity index (χ3n) is 2.60. The molecule has 0 radical (unpaired) electrons. The number of nitrogen functional groups attached to an aromatic ring is 1. The van der Waals surface area contributed by atoms with E-state index in [9.17, 15) is 9.59 Å². The van der Waals surface area contributed by atoms with E-state index < -0.39 is 11.2 Å². The predicted molar refractivity (Wildman–Crippen MR) is 70.9 cm³/mol. The van der Waals surface area contributed by atoms with Crippen LogP contribution in [0.4, 0.5) is 5.82 Å². The molecule has 0 atom stereocenters. The molecule has 0 fully saturated rings. The van der Waals surface area contributed by atoms with Gasteiger partial charge in [-0.3, -0.25) is 14.3 Å². The second kappa shape index (κ2) is 5.10. The van der Waals surface area contributed by atoms with E-state index in [4.69, 9.17) is 17.3 Å². The van der Waals surface area contributed by atoms with E-state index in [1.54, 1.807) is 12.1 Å². The number of benzene rings is 1. The quantitative estimate of drug-likeness (QED) is 0.869. The normalized spacial score (nSPS) is 10.5. The Balaban J connectivity index is 2.18. The van der Waals surface area contributed by atoms with Crippen LogP contribution in [0.2, 0.25) is 5.02 Å². The Hall–Kier alpha value is -2.01. The molecule has 1 aromatic heterocycles. The van der Waals surface area contributed by atoms with E-state index >= 15 is 0 Å². The first-order valence-corrected chi connectivity index (χ1v) is 5.78. The Bertz CT molecular complexity index is 658. The van der Waals surface area contributed by atoms with Gasteiger partial charge in [0.25, 0.3) is 5.56 Å². The van der Waals surface area contributed by atoms with Crippen molar-refractivity contribution in [1.29, 1.82) is 0 Å². The minimum absolute atomic E-state index is 0.165. The number of aryl methyl sites for hydroxylation is 1. The molecule has 18 heavy (non-hydrogen) atoms. The number of aromatic nitrogens is 2. The van der Waals surface area contributed by atoms with Gasteiger partial charge in [0, 0.05) is 17.6 Å². The fourth-order valence-electron chi connectivity index (χ4n) is 1.66. The standard InChI is InChI=1S/C12H12ClN3O2/c13-9-3-1-8(2-4-9)5-6-16-10(14)7-11(17)15-12(16)18/h1-4,7H,5-6,14H2,(H,15,17,18). The molecule has 2 rings (SSSR count). The van der Waals surface area contributed by atoms with E-state index in [0.29, 0.717) is 18.0 Å². The van der Waals surface area contributed by atoms with Crippen LogP contribution in [0.15, 0.2) is 39.9 Å². The average Bonchev–Trinajstić information content (AvgIpc) is 2.30. The number of rotatable bonds is 3. The number of hydrogen-bond acceptors (Lipinski definition) is 3. The van der Waals surface area contributed by atoms with E-state index in [0.717, 1.165) is 5.56 Å². The van der Waals surface area contributed by atoms with E-state index in [2.05, 4.69) is 4.98 Å². The SMILES string of the molecule is Nc1cc(=O)[nH]c(=O)n1CCc1ccc(Cl)cc1. The zero-order chi connectivity index (χ0) is 13.1. The Morgan fingerprint density at radius 2 is 1.89 bits per heavy atom. The molecule has 0 saturated heterocycles.